The summed E-state index contributed by atoms with van der Waals surface area (Å²) in [6.07, 6.45) is -0.559. The number of halogens is 2. The van der Waals surface area contributed by atoms with Crippen molar-refractivity contribution in [1.82, 2.24) is 9.78 Å². The molecule has 1 unspecified atom stereocenters. The molecule has 1 atom stereocenters. The fourth-order valence-corrected chi connectivity index (χ4v) is 2.44. The van der Waals surface area contributed by atoms with Crippen LogP contribution in [0.15, 0.2) is 28.7 Å². The second kappa shape index (κ2) is 5.20. The van der Waals surface area contributed by atoms with E-state index in [1.807, 2.05) is 6.92 Å². The van der Waals surface area contributed by atoms with Crippen LogP contribution < -0.4 is 0 Å². The van der Waals surface area contributed by atoms with Gasteiger partial charge in [-0.3, -0.25) is 4.68 Å². The summed E-state index contributed by atoms with van der Waals surface area (Å²) < 4.78 is 16.1. The predicted octanol–water partition coefficient (Wildman–Crippen LogP) is 2.91. The monoisotopic (exact) mass is 312 g/mol. The van der Waals surface area contributed by atoms with Crippen LogP contribution >= 0.6 is 15.9 Å². The quantitative estimate of drug-likeness (QED) is 0.946. The lowest BCUT2D eigenvalue weighted by Gasteiger charge is -2.12. The van der Waals surface area contributed by atoms with E-state index in [2.05, 4.69) is 21.0 Å². The minimum Gasteiger partial charge on any atom is -0.388 e. The summed E-state index contributed by atoms with van der Waals surface area (Å²) in [6, 6.07) is 6.26. The minimum absolute atomic E-state index is 0.309. The molecule has 0 spiro atoms. The Kier molecular flexibility index (Phi) is 3.82. The molecule has 3 nitrogen and oxygen atoms in total. The Labute approximate surface area is 113 Å². The highest BCUT2D eigenvalue weighted by Gasteiger charge is 2.18. The van der Waals surface area contributed by atoms with Gasteiger partial charge in [0, 0.05) is 19.0 Å². The van der Waals surface area contributed by atoms with E-state index in [0.717, 1.165) is 15.9 Å². The number of nitrogens with zero attached hydrogens (tertiary/aromatic N) is 2. The molecule has 1 aromatic carbocycles. The lowest BCUT2D eigenvalue weighted by molar-refractivity contribution is 0.171. The molecule has 0 aliphatic rings. The highest BCUT2D eigenvalue weighted by Crippen LogP contribution is 2.26. The SMILES string of the molecule is Cc1nn(C)c(CC(O)c2ccccc2F)c1Br. The Morgan fingerprint density at radius 2 is 2.11 bits per heavy atom. The van der Waals surface area contributed by atoms with Crippen LogP contribution in [-0.4, -0.2) is 14.9 Å². The van der Waals surface area contributed by atoms with E-state index < -0.39 is 6.10 Å². The third-order valence-corrected chi connectivity index (χ3v) is 3.94. The summed E-state index contributed by atoms with van der Waals surface area (Å²) in [5, 5.41) is 14.4. The smallest absolute Gasteiger partial charge is 0.129 e. The van der Waals surface area contributed by atoms with Crippen molar-refractivity contribution in [3.63, 3.8) is 0 Å². The standard InChI is InChI=1S/C13H14BrFN2O/c1-8-13(14)11(17(2)16-8)7-12(18)9-5-3-4-6-10(9)15/h3-6,12,18H,7H2,1-2H3. The number of hydrogen-bond acceptors (Lipinski definition) is 2. The summed E-state index contributed by atoms with van der Waals surface area (Å²) in [5.74, 6) is -0.389. The highest BCUT2D eigenvalue weighted by molar-refractivity contribution is 9.10. The average molecular weight is 313 g/mol. The lowest BCUT2D eigenvalue weighted by atomic mass is 10.0. The van der Waals surface area contributed by atoms with Crippen LogP contribution in [0.25, 0.3) is 0 Å². The van der Waals surface area contributed by atoms with E-state index >= 15 is 0 Å². The zero-order chi connectivity index (χ0) is 13.3. The van der Waals surface area contributed by atoms with Gasteiger partial charge in [0.25, 0.3) is 0 Å². The molecule has 0 bridgehead atoms. The zero-order valence-corrected chi connectivity index (χ0v) is 11.8. The molecule has 1 N–H and O–H groups in total. The first-order valence-corrected chi connectivity index (χ1v) is 6.40. The summed E-state index contributed by atoms with van der Waals surface area (Å²) in [6.45, 7) is 1.88. The van der Waals surface area contributed by atoms with Gasteiger partial charge in [-0.05, 0) is 28.9 Å². The van der Waals surface area contributed by atoms with Crippen LogP contribution in [0, 0.1) is 12.7 Å². The number of aromatic nitrogens is 2. The molecule has 96 valence electrons. The molecule has 2 aromatic rings. The van der Waals surface area contributed by atoms with Gasteiger partial charge in [-0.2, -0.15) is 5.10 Å². The third-order valence-electron chi connectivity index (χ3n) is 2.91. The van der Waals surface area contributed by atoms with Crippen molar-refractivity contribution in [1.29, 1.82) is 0 Å². The molecular weight excluding hydrogens is 299 g/mol. The van der Waals surface area contributed by atoms with Crippen LogP contribution in [0.5, 0.6) is 0 Å². The fourth-order valence-electron chi connectivity index (χ4n) is 1.94. The van der Waals surface area contributed by atoms with Crippen LogP contribution in [0.3, 0.4) is 0 Å². The van der Waals surface area contributed by atoms with Crippen molar-refractivity contribution in [2.45, 2.75) is 19.4 Å². The Balaban J connectivity index is 2.27. The molecule has 0 amide bonds. The number of benzene rings is 1. The van der Waals surface area contributed by atoms with Crippen LogP contribution in [0.1, 0.15) is 23.1 Å². The Hall–Kier alpha value is -1.20. The van der Waals surface area contributed by atoms with E-state index in [1.54, 1.807) is 29.9 Å². The van der Waals surface area contributed by atoms with Crippen molar-refractivity contribution < 1.29 is 9.50 Å². The van der Waals surface area contributed by atoms with E-state index in [9.17, 15) is 9.50 Å². The summed E-state index contributed by atoms with van der Waals surface area (Å²) >= 11 is 3.43. The van der Waals surface area contributed by atoms with E-state index in [-0.39, 0.29) is 5.82 Å². The molecule has 0 saturated heterocycles. The fraction of sp³-hybridized carbons (Fsp3) is 0.308. The molecule has 0 aliphatic heterocycles. The van der Waals surface area contributed by atoms with Crippen molar-refractivity contribution in [2.75, 3.05) is 0 Å². The van der Waals surface area contributed by atoms with E-state index in [0.29, 0.717) is 12.0 Å². The molecule has 5 heteroatoms. The molecule has 0 aliphatic carbocycles. The largest absolute Gasteiger partial charge is 0.388 e. The van der Waals surface area contributed by atoms with Gasteiger partial charge in [0.05, 0.1) is 22.0 Å². The van der Waals surface area contributed by atoms with Crippen molar-refractivity contribution in [2.24, 2.45) is 7.05 Å². The number of aliphatic hydroxyl groups excluding tert-OH is 1. The van der Waals surface area contributed by atoms with Gasteiger partial charge in [-0.15, -0.1) is 0 Å². The summed E-state index contributed by atoms with van der Waals surface area (Å²) in [4.78, 5) is 0. The average Bonchev–Trinajstić information content (AvgIpc) is 2.56. The van der Waals surface area contributed by atoms with Crippen LogP contribution in [0.2, 0.25) is 0 Å². The van der Waals surface area contributed by atoms with Crippen molar-refractivity contribution >= 4 is 15.9 Å². The summed E-state index contributed by atoms with van der Waals surface area (Å²) in [5.41, 5.74) is 2.01. The molecule has 2 rings (SSSR count). The lowest BCUT2D eigenvalue weighted by Crippen LogP contribution is -2.08. The van der Waals surface area contributed by atoms with Crippen molar-refractivity contribution in [3.05, 3.63) is 51.5 Å². The first-order valence-electron chi connectivity index (χ1n) is 5.61. The van der Waals surface area contributed by atoms with Crippen LogP contribution in [-0.2, 0) is 13.5 Å². The minimum atomic E-state index is -0.878. The molecule has 1 heterocycles. The van der Waals surface area contributed by atoms with Crippen LogP contribution in [0.4, 0.5) is 4.39 Å². The number of aliphatic hydroxyl groups is 1. The Bertz CT molecular complexity index is 568. The first-order chi connectivity index (χ1) is 8.50. The van der Waals surface area contributed by atoms with Crippen molar-refractivity contribution in [3.8, 4) is 0 Å². The highest BCUT2D eigenvalue weighted by atomic mass is 79.9. The van der Waals surface area contributed by atoms with Gasteiger partial charge in [0.2, 0.25) is 0 Å². The van der Waals surface area contributed by atoms with Gasteiger partial charge < -0.3 is 5.11 Å². The Morgan fingerprint density at radius 1 is 1.44 bits per heavy atom. The predicted molar refractivity (Wildman–Crippen MR) is 70.7 cm³/mol. The maximum absolute atomic E-state index is 13.6. The molecule has 0 fully saturated rings. The summed E-state index contributed by atoms with van der Waals surface area (Å²) in [7, 11) is 1.81. The van der Waals surface area contributed by atoms with Gasteiger partial charge in [-0.1, -0.05) is 18.2 Å². The maximum atomic E-state index is 13.6. The molecule has 0 radical (unpaired) electrons. The molecular formula is C13H14BrFN2O. The van der Waals surface area contributed by atoms with Gasteiger partial charge in [0.1, 0.15) is 5.82 Å². The number of rotatable bonds is 3. The number of hydrogen-bond donors (Lipinski definition) is 1. The van der Waals surface area contributed by atoms with Gasteiger partial charge in [0.15, 0.2) is 0 Å². The van der Waals surface area contributed by atoms with E-state index in [1.165, 1.54) is 6.07 Å². The molecule has 18 heavy (non-hydrogen) atoms. The van der Waals surface area contributed by atoms with Gasteiger partial charge >= 0.3 is 0 Å². The maximum Gasteiger partial charge on any atom is 0.129 e. The number of aryl methyl sites for hydroxylation is 2. The second-order valence-corrected chi connectivity index (χ2v) is 5.00. The van der Waals surface area contributed by atoms with Gasteiger partial charge in [-0.25, -0.2) is 4.39 Å². The topological polar surface area (TPSA) is 38.0 Å². The van der Waals surface area contributed by atoms with E-state index in [4.69, 9.17) is 0 Å². The first kappa shape index (κ1) is 13.2. The molecule has 0 saturated carbocycles. The zero-order valence-electron chi connectivity index (χ0n) is 10.2. The second-order valence-electron chi connectivity index (χ2n) is 4.21. The third kappa shape index (κ3) is 2.47. The Morgan fingerprint density at radius 3 is 2.67 bits per heavy atom. The molecule has 1 aromatic heterocycles. The normalized spacial score (nSPS) is 12.7.